The van der Waals surface area contributed by atoms with Crippen LogP contribution in [0.3, 0.4) is 0 Å². The van der Waals surface area contributed by atoms with E-state index in [1.807, 2.05) is 6.92 Å². The van der Waals surface area contributed by atoms with Crippen LogP contribution in [0, 0.1) is 0 Å². The molecule has 62 valence electrons. The highest BCUT2D eigenvalue weighted by Crippen LogP contribution is 2.09. The minimum atomic E-state index is -0.0899. The third-order valence-corrected chi connectivity index (χ3v) is 1.89. The number of carbonyl (C=O) groups excluding carboxylic acids is 2. The molecule has 1 unspecified atom stereocenters. The molecule has 0 bridgehead atoms. The number of rotatable bonds is 2. The lowest BCUT2D eigenvalue weighted by molar-refractivity contribution is -0.129. The summed E-state index contributed by atoms with van der Waals surface area (Å²) in [6.07, 6.45) is 0.0599. The van der Waals surface area contributed by atoms with Crippen molar-refractivity contribution < 1.29 is 9.59 Å². The molecule has 0 radical (unpaired) electrons. The molecule has 4 nitrogen and oxygen atoms in total. The number of nitrogens with zero attached hydrogens (tertiary/aromatic N) is 1. The number of carbonyl (C=O) groups is 2. The molecule has 0 spiro atoms. The zero-order valence-electron chi connectivity index (χ0n) is 6.54. The first-order chi connectivity index (χ1) is 5.15. The Labute approximate surface area is 65.3 Å². The normalized spacial score (nSPS) is 21.1. The van der Waals surface area contributed by atoms with E-state index >= 15 is 0 Å². The number of hydrogen-bond acceptors (Lipinski definition) is 3. The van der Waals surface area contributed by atoms with Gasteiger partial charge in [0.1, 0.15) is 0 Å². The molecule has 1 aliphatic heterocycles. The zero-order chi connectivity index (χ0) is 8.43. The fraction of sp³-hybridized carbons (Fsp3) is 0.714. The summed E-state index contributed by atoms with van der Waals surface area (Å²) in [5.41, 5.74) is 5.35. The second-order valence-corrected chi connectivity index (χ2v) is 2.82. The molecule has 1 amide bonds. The number of amides is 1. The van der Waals surface area contributed by atoms with Gasteiger partial charge < -0.3 is 10.6 Å². The molecule has 1 aliphatic rings. The van der Waals surface area contributed by atoms with Gasteiger partial charge in [0, 0.05) is 12.6 Å². The van der Waals surface area contributed by atoms with Crippen LogP contribution in [0.4, 0.5) is 0 Å². The van der Waals surface area contributed by atoms with Crippen LogP contribution in [0.15, 0.2) is 0 Å². The maximum atomic E-state index is 11.0. The van der Waals surface area contributed by atoms with Gasteiger partial charge in [-0.25, -0.2) is 0 Å². The molecule has 1 heterocycles. The van der Waals surface area contributed by atoms with E-state index in [9.17, 15) is 9.59 Å². The first-order valence-corrected chi connectivity index (χ1v) is 3.66. The second-order valence-electron chi connectivity index (χ2n) is 2.82. The van der Waals surface area contributed by atoms with Gasteiger partial charge in [-0.2, -0.15) is 0 Å². The summed E-state index contributed by atoms with van der Waals surface area (Å²) in [7, 11) is 0. The van der Waals surface area contributed by atoms with Crippen molar-refractivity contribution in [1.29, 1.82) is 0 Å². The van der Waals surface area contributed by atoms with Gasteiger partial charge in [-0.15, -0.1) is 0 Å². The Balaban J connectivity index is 2.59. The summed E-state index contributed by atoms with van der Waals surface area (Å²) < 4.78 is 0. The van der Waals surface area contributed by atoms with Crippen LogP contribution in [0.1, 0.15) is 13.3 Å². The minimum absolute atomic E-state index is 0.00435. The number of nitrogens with two attached hydrogens (primary N) is 1. The Morgan fingerprint density at radius 2 is 2.27 bits per heavy atom. The van der Waals surface area contributed by atoms with Crippen molar-refractivity contribution in [3.63, 3.8) is 0 Å². The van der Waals surface area contributed by atoms with Crippen LogP contribution in [-0.4, -0.2) is 35.7 Å². The van der Waals surface area contributed by atoms with Gasteiger partial charge in [-0.05, 0) is 6.92 Å². The van der Waals surface area contributed by atoms with E-state index in [0.717, 1.165) is 0 Å². The van der Waals surface area contributed by atoms with E-state index in [1.165, 1.54) is 4.90 Å². The monoisotopic (exact) mass is 156 g/mol. The van der Waals surface area contributed by atoms with Crippen LogP contribution >= 0.6 is 0 Å². The molecule has 11 heavy (non-hydrogen) atoms. The van der Waals surface area contributed by atoms with Gasteiger partial charge in [0.25, 0.3) is 0 Å². The van der Waals surface area contributed by atoms with Crippen LogP contribution < -0.4 is 5.73 Å². The fourth-order valence-corrected chi connectivity index (χ4v) is 1.13. The van der Waals surface area contributed by atoms with E-state index in [4.69, 9.17) is 5.73 Å². The molecular weight excluding hydrogens is 144 g/mol. The van der Waals surface area contributed by atoms with Crippen molar-refractivity contribution in [2.45, 2.75) is 19.4 Å². The van der Waals surface area contributed by atoms with Crippen molar-refractivity contribution in [2.24, 2.45) is 5.73 Å². The van der Waals surface area contributed by atoms with Crippen molar-refractivity contribution in [1.82, 2.24) is 4.90 Å². The van der Waals surface area contributed by atoms with E-state index in [-0.39, 0.29) is 30.7 Å². The van der Waals surface area contributed by atoms with Gasteiger partial charge in [0.15, 0.2) is 5.78 Å². The third-order valence-electron chi connectivity index (χ3n) is 1.89. The molecule has 4 heteroatoms. The van der Waals surface area contributed by atoms with Crippen molar-refractivity contribution in [2.75, 3.05) is 13.1 Å². The largest absolute Gasteiger partial charge is 0.331 e. The van der Waals surface area contributed by atoms with E-state index in [1.54, 1.807) is 0 Å². The van der Waals surface area contributed by atoms with Crippen LogP contribution in [-0.2, 0) is 9.59 Å². The van der Waals surface area contributed by atoms with E-state index < -0.39 is 0 Å². The molecule has 1 fully saturated rings. The Bertz CT molecular complexity index is 191. The minimum Gasteiger partial charge on any atom is -0.331 e. The predicted octanol–water partition coefficient (Wildman–Crippen LogP) is -0.865. The summed E-state index contributed by atoms with van der Waals surface area (Å²) in [6.45, 7) is 2.51. The molecule has 1 atom stereocenters. The molecule has 0 saturated carbocycles. The number of hydrogen-bond donors (Lipinski definition) is 1. The smallest absolute Gasteiger partial charge is 0.230 e. The van der Waals surface area contributed by atoms with Crippen molar-refractivity contribution >= 4 is 11.7 Å². The Morgan fingerprint density at radius 1 is 1.64 bits per heavy atom. The molecule has 1 rings (SSSR count). The average Bonchev–Trinajstić information content (AvgIpc) is 2.28. The van der Waals surface area contributed by atoms with Gasteiger partial charge in [-0.3, -0.25) is 9.59 Å². The molecule has 0 aliphatic carbocycles. The highest BCUT2D eigenvalue weighted by Gasteiger charge is 2.29. The standard InChI is InChI=1S/C7H12N2O2/c1-5(3-8)9-4-6(10)2-7(9)11/h5H,2-4,8H2,1H3. The second kappa shape index (κ2) is 3.00. The lowest BCUT2D eigenvalue weighted by Gasteiger charge is -2.21. The van der Waals surface area contributed by atoms with Crippen molar-refractivity contribution in [3.05, 3.63) is 0 Å². The quantitative estimate of drug-likeness (QED) is 0.529. The number of likely N-dealkylation sites (tertiary alicyclic amines) is 1. The number of ketones is 1. The molecule has 0 aromatic rings. The number of Topliss-reactive ketones (excluding diaryl/α,β-unsaturated/α-hetero) is 1. The van der Waals surface area contributed by atoms with Gasteiger partial charge in [-0.1, -0.05) is 0 Å². The Hall–Kier alpha value is -0.900. The SMILES string of the molecule is CC(CN)N1CC(=O)CC1=O. The lowest BCUT2D eigenvalue weighted by Crippen LogP contribution is -2.39. The summed E-state index contributed by atoms with van der Waals surface area (Å²) in [5.74, 6) is -0.0942. The summed E-state index contributed by atoms with van der Waals surface area (Å²) in [4.78, 5) is 23.3. The zero-order valence-corrected chi connectivity index (χ0v) is 6.54. The first-order valence-electron chi connectivity index (χ1n) is 3.66. The van der Waals surface area contributed by atoms with Gasteiger partial charge in [0.2, 0.25) is 5.91 Å². The van der Waals surface area contributed by atoms with Crippen LogP contribution in [0.25, 0.3) is 0 Å². The predicted molar refractivity (Wildman–Crippen MR) is 39.9 cm³/mol. The van der Waals surface area contributed by atoms with E-state index in [2.05, 4.69) is 0 Å². The van der Waals surface area contributed by atoms with Gasteiger partial charge >= 0.3 is 0 Å². The molecule has 2 N–H and O–H groups in total. The summed E-state index contributed by atoms with van der Waals surface area (Å²) in [6, 6.07) is -0.00560. The fourth-order valence-electron chi connectivity index (χ4n) is 1.13. The Morgan fingerprint density at radius 3 is 2.64 bits per heavy atom. The lowest BCUT2D eigenvalue weighted by atomic mass is 10.3. The van der Waals surface area contributed by atoms with Crippen LogP contribution in [0.5, 0.6) is 0 Å². The highest BCUT2D eigenvalue weighted by atomic mass is 16.2. The van der Waals surface area contributed by atoms with E-state index in [0.29, 0.717) is 6.54 Å². The molecule has 0 aromatic heterocycles. The Kier molecular flexibility index (Phi) is 2.24. The highest BCUT2D eigenvalue weighted by molar-refractivity contribution is 6.05. The molecule has 0 aromatic carbocycles. The summed E-state index contributed by atoms with van der Waals surface area (Å²) >= 11 is 0. The molecule has 1 saturated heterocycles. The topological polar surface area (TPSA) is 63.4 Å². The van der Waals surface area contributed by atoms with Gasteiger partial charge in [0.05, 0.1) is 13.0 Å². The van der Waals surface area contributed by atoms with Crippen molar-refractivity contribution in [3.8, 4) is 0 Å². The molecular formula is C7H12N2O2. The first kappa shape index (κ1) is 8.20. The maximum absolute atomic E-state index is 11.0. The summed E-state index contributed by atoms with van der Waals surface area (Å²) in [5, 5.41) is 0. The average molecular weight is 156 g/mol. The third kappa shape index (κ3) is 1.57. The van der Waals surface area contributed by atoms with Crippen LogP contribution in [0.2, 0.25) is 0 Å². The maximum Gasteiger partial charge on any atom is 0.230 e.